The van der Waals surface area contributed by atoms with E-state index in [4.69, 9.17) is 5.73 Å². The number of halogens is 1. The predicted molar refractivity (Wildman–Crippen MR) is 62.4 cm³/mol. The SMILES string of the molecule is Nc1nc(-c2ccccc2F)nc2c1CNC2. The summed E-state index contributed by atoms with van der Waals surface area (Å²) in [5, 5.41) is 3.15. The second-order valence-corrected chi connectivity index (χ2v) is 3.94. The number of rotatable bonds is 1. The summed E-state index contributed by atoms with van der Waals surface area (Å²) in [5.74, 6) is 0.444. The summed E-state index contributed by atoms with van der Waals surface area (Å²) in [6.07, 6.45) is 0. The van der Waals surface area contributed by atoms with E-state index in [1.807, 2.05) is 0 Å². The Morgan fingerprint density at radius 3 is 2.82 bits per heavy atom. The van der Waals surface area contributed by atoms with Crippen LogP contribution in [-0.4, -0.2) is 9.97 Å². The molecule has 0 radical (unpaired) electrons. The van der Waals surface area contributed by atoms with Gasteiger partial charge in [0.1, 0.15) is 11.6 Å². The number of anilines is 1. The molecule has 0 atom stereocenters. The maximum Gasteiger partial charge on any atom is 0.164 e. The molecule has 0 amide bonds. The van der Waals surface area contributed by atoms with Crippen molar-refractivity contribution in [2.45, 2.75) is 13.1 Å². The average Bonchev–Trinajstić information content (AvgIpc) is 2.78. The first-order valence-electron chi connectivity index (χ1n) is 5.36. The van der Waals surface area contributed by atoms with Crippen LogP contribution in [0.4, 0.5) is 10.2 Å². The Hall–Kier alpha value is -2.01. The van der Waals surface area contributed by atoms with Gasteiger partial charge in [-0.25, -0.2) is 14.4 Å². The van der Waals surface area contributed by atoms with Crippen molar-refractivity contribution in [2.75, 3.05) is 5.73 Å². The van der Waals surface area contributed by atoms with Crippen LogP contribution in [0, 0.1) is 5.82 Å². The summed E-state index contributed by atoms with van der Waals surface area (Å²) in [6.45, 7) is 1.34. The molecule has 2 heterocycles. The van der Waals surface area contributed by atoms with Crippen molar-refractivity contribution < 1.29 is 4.39 Å². The number of aromatic nitrogens is 2. The lowest BCUT2D eigenvalue weighted by atomic mass is 10.1. The minimum Gasteiger partial charge on any atom is -0.383 e. The Balaban J connectivity index is 2.17. The highest BCUT2D eigenvalue weighted by molar-refractivity contribution is 5.59. The van der Waals surface area contributed by atoms with Crippen LogP contribution in [0.25, 0.3) is 11.4 Å². The molecule has 2 aromatic rings. The Labute approximate surface area is 97.7 Å². The summed E-state index contributed by atoms with van der Waals surface area (Å²) in [7, 11) is 0. The zero-order valence-electron chi connectivity index (χ0n) is 9.07. The molecule has 0 saturated carbocycles. The molecule has 1 aromatic heterocycles. The minimum atomic E-state index is -0.335. The fraction of sp³-hybridized carbons (Fsp3) is 0.167. The third-order valence-corrected chi connectivity index (χ3v) is 2.83. The highest BCUT2D eigenvalue weighted by Crippen LogP contribution is 2.24. The van der Waals surface area contributed by atoms with E-state index in [2.05, 4.69) is 15.3 Å². The lowest BCUT2D eigenvalue weighted by Gasteiger charge is -2.06. The number of hydrogen-bond donors (Lipinski definition) is 2. The van der Waals surface area contributed by atoms with Gasteiger partial charge in [0.25, 0.3) is 0 Å². The van der Waals surface area contributed by atoms with Crippen LogP contribution < -0.4 is 11.1 Å². The van der Waals surface area contributed by atoms with Gasteiger partial charge >= 0.3 is 0 Å². The van der Waals surface area contributed by atoms with Crippen molar-refractivity contribution in [3.63, 3.8) is 0 Å². The zero-order valence-corrected chi connectivity index (χ0v) is 9.07. The number of nitrogen functional groups attached to an aromatic ring is 1. The molecule has 0 aliphatic carbocycles. The Morgan fingerprint density at radius 1 is 1.18 bits per heavy atom. The van der Waals surface area contributed by atoms with E-state index in [-0.39, 0.29) is 5.82 Å². The Morgan fingerprint density at radius 2 is 2.00 bits per heavy atom. The van der Waals surface area contributed by atoms with Gasteiger partial charge in [0.2, 0.25) is 0 Å². The highest BCUT2D eigenvalue weighted by atomic mass is 19.1. The number of nitrogens with two attached hydrogens (primary N) is 1. The van der Waals surface area contributed by atoms with Crippen LogP contribution in [-0.2, 0) is 13.1 Å². The molecular weight excluding hydrogens is 219 g/mol. The molecule has 0 fully saturated rings. The summed E-state index contributed by atoms with van der Waals surface area (Å²) in [5.41, 5.74) is 8.01. The van der Waals surface area contributed by atoms with Gasteiger partial charge in [-0.15, -0.1) is 0 Å². The van der Waals surface area contributed by atoms with Crippen LogP contribution in [0.5, 0.6) is 0 Å². The largest absolute Gasteiger partial charge is 0.383 e. The van der Waals surface area contributed by atoms with Crippen molar-refractivity contribution >= 4 is 5.82 Å². The molecule has 17 heavy (non-hydrogen) atoms. The van der Waals surface area contributed by atoms with Crippen molar-refractivity contribution in [3.05, 3.63) is 41.3 Å². The fourth-order valence-electron chi connectivity index (χ4n) is 1.96. The first-order chi connectivity index (χ1) is 8.25. The van der Waals surface area contributed by atoms with Crippen molar-refractivity contribution in [1.29, 1.82) is 0 Å². The van der Waals surface area contributed by atoms with Crippen molar-refractivity contribution in [3.8, 4) is 11.4 Å². The maximum atomic E-state index is 13.6. The summed E-state index contributed by atoms with van der Waals surface area (Å²) in [6, 6.07) is 6.43. The van der Waals surface area contributed by atoms with Crippen molar-refractivity contribution in [2.24, 2.45) is 0 Å². The van der Waals surface area contributed by atoms with E-state index in [9.17, 15) is 4.39 Å². The fourth-order valence-corrected chi connectivity index (χ4v) is 1.96. The van der Waals surface area contributed by atoms with Gasteiger partial charge in [-0.2, -0.15) is 0 Å². The number of nitrogens with one attached hydrogen (secondary N) is 1. The van der Waals surface area contributed by atoms with Gasteiger partial charge in [-0.1, -0.05) is 12.1 Å². The monoisotopic (exact) mass is 230 g/mol. The van der Waals surface area contributed by atoms with Gasteiger partial charge in [-0.3, -0.25) is 0 Å². The predicted octanol–water partition coefficient (Wildman–Crippen LogP) is 1.47. The standard InChI is InChI=1S/C12H11FN4/c13-9-4-2-1-3-7(9)12-16-10-6-15-5-8(10)11(14)17-12/h1-4,15H,5-6H2,(H2,14,16,17). The summed E-state index contributed by atoms with van der Waals surface area (Å²) in [4.78, 5) is 8.51. The molecule has 3 rings (SSSR count). The van der Waals surface area contributed by atoms with Gasteiger partial charge < -0.3 is 11.1 Å². The summed E-state index contributed by atoms with van der Waals surface area (Å²) < 4.78 is 13.6. The van der Waals surface area contributed by atoms with E-state index in [1.54, 1.807) is 18.2 Å². The molecule has 4 nitrogen and oxygen atoms in total. The third-order valence-electron chi connectivity index (χ3n) is 2.83. The van der Waals surface area contributed by atoms with Crippen LogP contribution in [0.3, 0.4) is 0 Å². The number of fused-ring (bicyclic) bond motifs is 1. The third kappa shape index (κ3) is 1.64. The zero-order chi connectivity index (χ0) is 11.8. The number of benzene rings is 1. The average molecular weight is 230 g/mol. The Bertz CT molecular complexity index is 583. The molecule has 0 unspecified atom stereocenters. The van der Waals surface area contributed by atoms with Gasteiger partial charge in [-0.05, 0) is 12.1 Å². The maximum absolute atomic E-state index is 13.6. The van der Waals surface area contributed by atoms with Gasteiger partial charge in [0, 0.05) is 18.7 Å². The first kappa shape index (κ1) is 10.2. The lowest BCUT2D eigenvalue weighted by Crippen LogP contribution is -2.03. The minimum absolute atomic E-state index is 0.335. The molecule has 0 spiro atoms. The molecule has 3 N–H and O–H groups in total. The number of hydrogen-bond acceptors (Lipinski definition) is 4. The van der Waals surface area contributed by atoms with E-state index in [1.165, 1.54) is 6.07 Å². The molecule has 0 saturated heterocycles. The topological polar surface area (TPSA) is 63.8 Å². The Kier molecular flexibility index (Phi) is 2.26. The quantitative estimate of drug-likeness (QED) is 0.778. The molecular formula is C12H11FN4. The van der Waals surface area contributed by atoms with Gasteiger partial charge in [0.15, 0.2) is 5.82 Å². The van der Waals surface area contributed by atoms with Crippen molar-refractivity contribution in [1.82, 2.24) is 15.3 Å². The molecule has 1 aliphatic heterocycles. The molecule has 0 bridgehead atoms. The van der Waals surface area contributed by atoms with Crippen LogP contribution >= 0.6 is 0 Å². The van der Waals surface area contributed by atoms with Crippen LogP contribution in [0.15, 0.2) is 24.3 Å². The van der Waals surface area contributed by atoms with Gasteiger partial charge in [0.05, 0.1) is 11.3 Å². The first-order valence-corrected chi connectivity index (χ1v) is 5.36. The molecule has 86 valence electrons. The van der Waals surface area contributed by atoms with Crippen LogP contribution in [0.2, 0.25) is 0 Å². The molecule has 5 heteroatoms. The second-order valence-electron chi connectivity index (χ2n) is 3.94. The molecule has 1 aliphatic rings. The summed E-state index contributed by atoms with van der Waals surface area (Å²) >= 11 is 0. The van der Waals surface area contributed by atoms with E-state index < -0.39 is 0 Å². The van der Waals surface area contributed by atoms with E-state index in [0.29, 0.717) is 30.3 Å². The smallest absolute Gasteiger partial charge is 0.164 e. The number of nitrogens with zero attached hydrogens (tertiary/aromatic N) is 2. The lowest BCUT2D eigenvalue weighted by molar-refractivity contribution is 0.630. The second kappa shape index (κ2) is 3.78. The van der Waals surface area contributed by atoms with Crippen LogP contribution in [0.1, 0.15) is 11.3 Å². The molecule has 1 aromatic carbocycles. The van der Waals surface area contributed by atoms with E-state index >= 15 is 0 Å². The highest BCUT2D eigenvalue weighted by Gasteiger charge is 2.18. The van der Waals surface area contributed by atoms with E-state index in [0.717, 1.165) is 11.3 Å². The normalized spacial score (nSPS) is 13.7.